The van der Waals surface area contributed by atoms with Crippen molar-refractivity contribution >= 4 is 17.6 Å². The Balaban J connectivity index is 2.47. The lowest BCUT2D eigenvalue weighted by molar-refractivity contribution is -0.140. The van der Waals surface area contributed by atoms with Gasteiger partial charge in [-0.1, -0.05) is 13.0 Å². The third kappa shape index (κ3) is 2.03. The van der Waals surface area contributed by atoms with Crippen LogP contribution >= 0.6 is 0 Å². The lowest BCUT2D eigenvalue weighted by atomic mass is 10.1. The second-order valence-electron chi connectivity index (χ2n) is 4.29. The van der Waals surface area contributed by atoms with Crippen LogP contribution in [-0.2, 0) is 9.59 Å². The van der Waals surface area contributed by atoms with Crippen LogP contribution in [0, 0.1) is 6.92 Å². The zero-order chi connectivity index (χ0) is 13.3. The second kappa shape index (κ2) is 4.68. The normalized spacial score (nSPS) is 15.9. The Morgan fingerprint density at radius 2 is 2.28 bits per heavy atom. The van der Waals surface area contributed by atoms with Gasteiger partial charge < -0.3 is 9.84 Å². The molecule has 0 spiro atoms. The van der Waals surface area contributed by atoms with Crippen LogP contribution in [0.3, 0.4) is 0 Å². The van der Waals surface area contributed by atoms with Gasteiger partial charge in [-0.25, -0.2) is 4.79 Å². The second-order valence-corrected chi connectivity index (χ2v) is 4.29. The average molecular weight is 249 g/mol. The minimum absolute atomic E-state index is 0.111. The van der Waals surface area contributed by atoms with Crippen LogP contribution in [0.25, 0.3) is 0 Å². The molecule has 0 aliphatic carbocycles. The van der Waals surface area contributed by atoms with Crippen molar-refractivity contribution in [2.75, 3.05) is 11.5 Å². The maximum absolute atomic E-state index is 11.9. The molecule has 5 nitrogen and oxygen atoms in total. The zero-order valence-corrected chi connectivity index (χ0v) is 10.3. The summed E-state index contributed by atoms with van der Waals surface area (Å²) in [7, 11) is 0. The number of amides is 1. The van der Waals surface area contributed by atoms with Crippen molar-refractivity contribution in [1.82, 2.24) is 0 Å². The van der Waals surface area contributed by atoms with Crippen molar-refractivity contribution in [3.8, 4) is 5.75 Å². The summed E-state index contributed by atoms with van der Waals surface area (Å²) in [4.78, 5) is 24.4. The smallest absolute Gasteiger partial charge is 0.326 e. The fourth-order valence-electron chi connectivity index (χ4n) is 2.09. The molecule has 0 aromatic heterocycles. The van der Waals surface area contributed by atoms with E-state index in [4.69, 9.17) is 4.74 Å². The SMILES string of the molecule is CCC(C(=O)O)N1C(=O)COc2cc(C)ccc21. The Morgan fingerprint density at radius 3 is 2.89 bits per heavy atom. The van der Waals surface area contributed by atoms with E-state index in [0.717, 1.165) is 5.56 Å². The summed E-state index contributed by atoms with van der Waals surface area (Å²) in [5, 5.41) is 9.19. The first-order chi connectivity index (χ1) is 8.54. The molecule has 1 atom stereocenters. The predicted octanol–water partition coefficient (Wildman–Crippen LogP) is 1.58. The highest BCUT2D eigenvalue weighted by Crippen LogP contribution is 2.34. The lowest BCUT2D eigenvalue weighted by Gasteiger charge is -2.33. The Kier molecular flexibility index (Phi) is 3.23. The van der Waals surface area contributed by atoms with E-state index in [1.165, 1.54) is 4.90 Å². The van der Waals surface area contributed by atoms with Crippen LogP contribution in [0.5, 0.6) is 5.75 Å². The molecule has 1 N–H and O–H groups in total. The van der Waals surface area contributed by atoms with Crippen molar-refractivity contribution in [2.45, 2.75) is 26.3 Å². The molecule has 0 saturated heterocycles. The third-order valence-electron chi connectivity index (χ3n) is 2.98. The summed E-state index contributed by atoms with van der Waals surface area (Å²) >= 11 is 0. The first-order valence-electron chi connectivity index (χ1n) is 5.83. The van der Waals surface area contributed by atoms with Gasteiger partial charge in [0.2, 0.25) is 0 Å². The number of carboxylic acids is 1. The van der Waals surface area contributed by atoms with E-state index in [1.54, 1.807) is 13.0 Å². The Bertz CT molecular complexity index is 498. The molecule has 2 rings (SSSR count). The van der Waals surface area contributed by atoms with Gasteiger partial charge in [0.1, 0.15) is 11.8 Å². The van der Waals surface area contributed by atoms with Crippen molar-refractivity contribution in [1.29, 1.82) is 0 Å². The molecule has 96 valence electrons. The van der Waals surface area contributed by atoms with Gasteiger partial charge in [0, 0.05) is 0 Å². The van der Waals surface area contributed by atoms with E-state index in [-0.39, 0.29) is 12.5 Å². The minimum Gasteiger partial charge on any atom is -0.482 e. The monoisotopic (exact) mass is 249 g/mol. The van der Waals surface area contributed by atoms with Gasteiger partial charge in [0.05, 0.1) is 5.69 Å². The summed E-state index contributed by atoms with van der Waals surface area (Å²) in [6.45, 7) is 3.55. The number of carbonyl (C=O) groups excluding carboxylic acids is 1. The molecule has 18 heavy (non-hydrogen) atoms. The summed E-state index contributed by atoms with van der Waals surface area (Å²) < 4.78 is 5.34. The van der Waals surface area contributed by atoms with Gasteiger partial charge in [-0.05, 0) is 31.0 Å². The maximum atomic E-state index is 11.9. The Hall–Kier alpha value is -2.04. The molecule has 1 heterocycles. The quantitative estimate of drug-likeness (QED) is 0.883. The van der Waals surface area contributed by atoms with Crippen LogP contribution in [0.2, 0.25) is 0 Å². The molecule has 0 radical (unpaired) electrons. The summed E-state index contributed by atoms with van der Waals surface area (Å²) in [5.41, 5.74) is 1.54. The highest BCUT2D eigenvalue weighted by molar-refractivity contribution is 6.02. The number of hydrogen-bond acceptors (Lipinski definition) is 3. The fraction of sp³-hybridized carbons (Fsp3) is 0.385. The fourth-order valence-corrected chi connectivity index (χ4v) is 2.09. The standard InChI is InChI=1S/C13H15NO4/c1-3-9(13(16)17)14-10-5-4-8(2)6-11(10)18-7-12(14)15/h4-6,9H,3,7H2,1-2H3,(H,16,17). The number of nitrogens with zero attached hydrogens (tertiary/aromatic N) is 1. The first kappa shape index (κ1) is 12.4. The van der Waals surface area contributed by atoms with Crippen molar-refractivity contribution in [3.05, 3.63) is 23.8 Å². The highest BCUT2D eigenvalue weighted by Gasteiger charge is 2.34. The van der Waals surface area contributed by atoms with Crippen molar-refractivity contribution in [2.24, 2.45) is 0 Å². The van der Waals surface area contributed by atoms with Gasteiger partial charge in [-0.3, -0.25) is 9.69 Å². The van der Waals surface area contributed by atoms with E-state index in [9.17, 15) is 14.7 Å². The average Bonchev–Trinajstić information content (AvgIpc) is 2.32. The van der Waals surface area contributed by atoms with Crippen LogP contribution in [0.15, 0.2) is 18.2 Å². The van der Waals surface area contributed by atoms with Gasteiger partial charge in [0.15, 0.2) is 6.61 Å². The topological polar surface area (TPSA) is 66.8 Å². The molecule has 0 bridgehead atoms. The number of carbonyl (C=O) groups is 2. The molecule has 1 aromatic rings. The van der Waals surface area contributed by atoms with E-state index < -0.39 is 12.0 Å². The predicted molar refractivity (Wildman–Crippen MR) is 65.9 cm³/mol. The van der Waals surface area contributed by atoms with Crippen LogP contribution in [0.4, 0.5) is 5.69 Å². The first-order valence-corrected chi connectivity index (χ1v) is 5.83. The van der Waals surface area contributed by atoms with E-state index in [0.29, 0.717) is 17.9 Å². The molecule has 5 heteroatoms. The summed E-state index contributed by atoms with van der Waals surface area (Å²) in [5.74, 6) is -0.755. The molecular formula is C13H15NO4. The van der Waals surface area contributed by atoms with Gasteiger partial charge in [-0.2, -0.15) is 0 Å². The molecular weight excluding hydrogens is 234 g/mol. The summed E-state index contributed by atoms with van der Waals surface area (Å²) in [6, 6.07) is 4.53. The molecule has 1 amide bonds. The molecule has 1 aliphatic rings. The van der Waals surface area contributed by atoms with Crippen LogP contribution in [0.1, 0.15) is 18.9 Å². The van der Waals surface area contributed by atoms with Gasteiger partial charge in [-0.15, -0.1) is 0 Å². The number of anilines is 1. The number of ether oxygens (including phenoxy) is 1. The molecule has 1 aromatic carbocycles. The van der Waals surface area contributed by atoms with Crippen LogP contribution in [-0.4, -0.2) is 29.6 Å². The Labute approximate surface area is 105 Å². The largest absolute Gasteiger partial charge is 0.482 e. The maximum Gasteiger partial charge on any atom is 0.326 e. The van der Waals surface area contributed by atoms with Crippen molar-refractivity contribution < 1.29 is 19.4 Å². The Morgan fingerprint density at radius 1 is 1.56 bits per heavy atom. The highest BCUT2D eigenvalue weighted by atomic mass is 16.5. The number of benzene rings is 1. The van der Waals surface area contributed by atoms with E-state index in [2.05, 4.69) is 0 Å². The number of aryl methyl sites for hydroxylation is 1. The van der Waals surface area contributed by atoms with Gasteiger partial charge in [0.25, 0.3) is 5.91 Å². The number of fused-ring (bicyclic) bond motifs is 1. The lowest BCUT2D eigenvalue weighted by Crippen LogP contribution is -2.49. The number of carboxylic acid groups (broad SMARTS) is 1. The van der Waals surface area contributed by atoms with E-state index >= 15 is 0 Å². The molecule has 0 saturated carbocycles. The van der Waals surface area contributed by atoms with E-state index in [1.807, 2.05) is 19.1 Å². The van der Waals surface area contributed by atoms with Gasteiger partial charge >= 0.3 is 5.97 Å². The minimum atomic E-state index is -1.00. The number of aliphatic carboxylic acids is 1. The zero-order valence-electron chi connectivity index (χ0n) is 10.3. The van der Waals surface area contributed by atoms with Crippen LogP contribution < -0.4 is 9.64 Å². The molecule has 0 fully saturated rings. The third-order valence-corrected chi connectivity index (χ3v) is 2.98. The van der Waals surface area contributed by atoms with Crippen molar-refractivity contribution in [3.63, 3.8) is 0 Å². The summed E-state index contributed by atoms with van der Waals surface area (Å²) in [6.07, 6.45) is 0.356. The molecule has 1 unspecified atom stereocenters. The number of rotatable bonds is 3. The molecule has 1 aliphatic heterocycles. The number of hydrogen-bond donors (Lipinski definition) is 1.